The maximum Gasteiger partial charge on any atom is 0.632 e. The van der Waals surface area contributed by atoms with Gasteiger partial charge in [0, 0.05) is 15.3 Å². The molecule has 2 radical (unpaired) electrons. The molecular formula is C18H12B2O2S2. The van der Waals surface area contributed by atoms with Crippen LogP contribution in [0.25, 0.3) is 0 Å². The Morgan fingerprint density at radius 3 is 1.71 bits per heavy atom. The molecule has 3 aromatic carbocycles. The first-order valence-corrected chi connectivity index (χ1v) is 9.65. The van der Waals surface area contributed by atoms with Crippen molar-refractivity contribution >= 4 is 47.5 Å². The van der Waals surface area contributed by atoms with Gasteiger partial charge in [-0.25, -0.2) is 0 Å². The van der Waals surface area contributed by atoms with Crippen molar-refractivity contribution in [1.82, 2.24) is 0 Å². The van der Waals surface area contributed by atoms with Crippen LogP contribution in [0.5, 0.6) is 11.5 Å². The Morgan fingerprint density at radius 2 is 1.17 bits per heavy atom. The topological polar surface area (TPSA) is 18.5 Å². The summed E-state index contributed by atoms with van der Waals surface area (Å²) in [7, 11) is 8.75. The zero-order valence-electron chi connectivity index (χ0n) is 12.7. The summed E-state index contributed by atoms with van der Waals surface area (Å²) in [5.41, 5.74) is 1.79. The first-order chi connectivity index (χ1) is 11.8. The molecule has 0 spiro atoms. The van der Waals surface area contributed by atoms with Gasteiger partial charge in [-0.3, -0.25) is 0 Å². The summed E-state index contributed by atoms with van der Waals surface area (Å²) in [6, 6.07) is 23.9. The molecule has 0 saturated heterocycles. The van der Waals surface area contributed by atoms with Gasteiger partial charge in [-0.05, 0) is 36.4 Å². The van der Waals surface area contributed by atoms with Gasteiger partial charge >= 0.3 is 7.12 Å². The highest BCUT2D eigenvalue weighted by Gasteiger charge is 2.33. The van der Waals surface area contributed by atoms with Crippen LogP contribution in [-0.4, -0.2) is 15.0 Å². The van der Waals surface area contributed by atoms with Crippen molar-refractivity contribution < 1.29 is 9.31 Å². The maximum atomic E-state index is 5.83. The van der Waals surface area contributed by atoms with E-state index in [2.05, 4.69) is 12.1 Å². The molecule has 0 amide bonds. The number of benzene rings is 3. The van der Waals surface area contributed by atoms with Gasteiger partial charge in [-0.2, -0.15) is 0 Å². The van der Waals surface area contributed by atoms with E-state index in [9.17, 15) is 0 Å². The number of para-hydroxylation sites is 2. The van der Waals surface area contributed by atoms with E-state index >= 15 is 0 Å². The van der Waals surface area contributed by atoms with Crippen LogP contribution in [-0.2, 0) is 0 Å². The molecule has 1 aliphatic heterocycles. The van der Waals surface area contributed by atoms with Crippen LogP contribution < -0.4 is 20.2 Å². The van der Waals surface area contributed by atoms with Crippen LogP contribution in [0.3, 0.4) is 0 Å². The zero-order chi connectivity index (χ0) is 16.4. The molecule has 0 atom stereocenters. The van der Waals surface area contributed by atoms with Gasteiger partial charge in [0.25, 0.3) is 0 Å². The van der Waals surface area contributed by atoms with Gasteiger partial charge in [0.15, 0.2) is 0 Å². The Bertz CT molecular complexity index is 813. The molecule has 114 valence electrons. The minimum Gasteiger partial charge on any atom is -0.519 e. The first kappa shape index (κ1) is 15.6. The molecule has 4 rings (SSSR count). The van der Waals surface area contributed by atoms with Crippen molar-refractivity contribution in [3.05, 3.63) is 72.8 Å². The van der Waals surface area contributed by atoms with Crippen molar-refractivity contribution in [1.29, 1.82) is 0 Å². The molecule has 0 unspecified atom stereocenters. The Balaban J connectivity index is 1.39. The number of rotatable bonds is 4. The van der Waals surface area contributed by atoms with Gasteiger partial charge in [-0.1, -0.05) is 63.4 Å². The van der Waals surface area contributed by atoms with E-state index in [-0.39, 0.29) is 7.12 Å². The highest BCUT2D eigenvalue weighted by atomic mass is 33.1. The molecule has 3 aromatic rings. The summed E-state index contributed by atoms with van der Waals surface area (Å²) < 4.78 is 11.7. The van der Waals surface area contributed by atoms with E-state index < -0.39 is 0 Å². The van der Waals surface area contributed by atoms with Gasteiger partial charge in [0.05, 0.1) is 0 Å². The first-order valence-electron chi connectivity index (χ1n) is 7.50. The fourth-order valence-corrected chi connectivity index (χ4v) is 4.27. The number of hydrogen-bond donors (Lipinski definition) is 0. The second-order valence-electron chi connectivity index (χ2n) is 5.32. The second kappa shape index (κ2) is 6.91. The lowest BCUT2D eigenvalue weighted by molar-refractivity contribution is 0.519. The molecule has 2 nitrogen and oxygen atoms in total. The summed E-state index contributed by atoms with van der Waals surface area (Å²) in [4.78, 5) is 2.35. The average molecular weight is 346 g/mol. The SMILES string of the molecule is [B]c1ccc(SSc2ccc(B3Oc4ccccc4O3)cc2)cc1. The standard InChI is InChI=1S/C18H12B2O2S2/c19-13-5-9-15(10-6-13)23-24-16-11-7-14(8-12-16)20-21-17-3-1-2-4-18(17)22-20/h1-12H. The normalized spacial score (nSPS) is 12.4. The van der Waals surface area contributed by atoms with Gasteiger partial charge in [-0.15, -0.1) is 0 Å². The fourth-order valence-electron chi connectivity index (χ4n) is 2.34. The lowest BCUT2D eigenvalue weighted by Gasteiger charge is -2.06. The third kappa shape index (κ3) is 3.45. The minimum atomic E-state index is -0.369. The Labute approximate surface area is 150 Å². The van der Waals surface area contributed by atoms with E-state index in [4.69, 9.17) is 17.2 Å². The molecule has 1 heterocycles. The van der Waals surface area contributed by atoms with E-state index in [0.717, 1.165) is 22.4 Å². The lowest BCUT2D eigenvalue weighted by atomic mass is 9.79. The summed E-state index contributed by atoms with van der Waals surface area (Å²) in [6.45, 7) is 0. The van der Waals surface area contributed by atoms with Crippen LogP contribution >= 0.6 is 21.6 Å². The Hall–Kier alpha value is -1.91. The highest BCUT2D eigenvalue weighted by molar-refractivity contribution is 8.76. The summed E-state index contributed by atoms with van der Waals surface area (Å²) in [5, 5.41) is 0. The van der Waals surface area contributed by atoms with E-state index in [1.165, 1.54) is 9.79 Å². The second-order valence-corrected chi connectivity index (χ2v) is 7.60. The monoisotopic (exact) mass is 346 g/mol. The predicted octanol–water partition coefficient (Wildman–Crippen LogP) is 3.45. The third-order valence-electron chi connectivity index (χ3n) is 3.58. The van der Waals surface area contributed by atoms with E-state index in [0.29, 0.717) is 0 Å². The summed E-state index contributed by atoms with van der Waals surface area (Å²) in [5.74, 6) is 1.58. The molecule has 0 aliphatic carbocycles. The van der Waals surface area contributed by atoms with E-state index in [1.807, 2.05) is 60.7 Å². The molecule has 24 heavy (non-hydrogen) atoms. The molecule has 0 fully saturated rings. The molecule has 0 N–H and O–H groups in total. The molecule has 6 heteroatoms. The highest BCUT2D eigenvalue weighted by Crippen LogP contribution is 2.37. The summed E-state index contributed by atoms with van der Waals surface area (Å²) >= 11 is 0. The third-order valence-corrected chi connectivity index (χ3v) is 6.00. The average Bonchev–Trinajstić information content (AvgIpc) is 3.06. The molecule has 1 aliphatic rings. The van der Waals surface area contributed by atoms with Crippen LogP contribution in [0.2, 0.25) is 0 Å². The minimum absolute atomic E-state index is 0.369. The molecule has 0 saturated carbocycles. The Kier molecular flexibility index (Phi) is 4.50. The molecule has 0 aromatic heterocycles. The van der Waals surface area contributed by atoms with Gasteiger partial charge in [0.1, 0.15) is 19.3 Å². The smallest absolute Gasteiger partial charge is 0.519 e. The van der Waals surface area contributed by atoms with Crippen LogP contribution in [0, 0.1) is 0 Å². The molecular weight excluding hydrogens is 334 g/mol. The van der Waals surface area contributed by atoms with Gasteiger partial charge in [0.2, 0.25) is 0 Å². The summed E-state index contributed by atoms with van der Waals surface area (Å²) in [6.07, 6.45) is 0. The Morgan fingerprint density at radius 1 is 0.667 bits per heavy atom. The lowest BCUT2D eigenvalue weighted by Crippen LogP contribution is -2.38. The van der Waals surface area contributed by atoms with Crippen molar-refractivity contribution in [3.63, 3.8) is 0 Å². The van der Waals surface area contributed by atoms with Crippen LogP contribution in [0.15, 0.2) is 82.6 Å². The number of hydrogen-bond acceptors (Lipinski definition) is 4. The zero-order valence-corrected chi connectivity index (χ0v) is 14.3. The van der Waals surface area contributed by atoms with Crippen LogP contribution in [0.1, 0.15) is 0 Å². The van der Waals surface area contributed by atoms with Crippen molar-refractivity contribution in [3.8, 4) is 11.5 Å². The van der Waals surface area contributed by atoms with E-state index in [1.54, 1.807) is 21.6 Å². The van der Waals surface area contributed by atoms with Crippen molar-refractivity contribution in [2.24, 2.45) is 0 Å². The van der Waals surface area contributed by atoms with Crippen molar-refractivity contribution in [2.45, 2.75) is 9.79 Å². The fraction of sp³-hybridized carbons (Fsp3) is 0. The quantitative estimate of drug-likeness (QED) is 0.532. The van der Waals surface area contributed by atoms with Crippen molar-refractivity contribution in [2.75, 3.05) is 0 Å². The molecule has 0 bridgehead atoms. The largest absolute Gasteiger partial charge is 0.632 e. The predicted molar refractivity (Wildman–Crippen MR) is 103 cm³/mol. The van der Waals surface area contributed by atoms with Crippen LogP contribution in [0.4, 0.5) is 0 Å². The van der Waals surface area contributed by atoms with Gasteiger partial charge < -0.3 is 9.31 Å². The maximum absolute atomic E-state index is 5.83. The number of fused-ring (bicyclic) bond motifs is 1.